The zero-order valence-electron chi connectivity index (χ0n) is 14.1. The Labute approximate surface area is 145 Å². The minimum absolute atomic E-state index is 0.253. The number of hydrogen-bond acceptors (Lipinski definition) is 8. The molecule has 0 radical (unpaired) electrons. The molecule has 1 aromatic carbocycles. The largest absolute Gasteiger partial charge is 0.494 e. The first-order valence-corrected chi connectivity index (χ1v) is 8.07. The van der Waals surface area contributed by atoms with Crippen LogP contribution in [0, 0.1) is 0 Å². The molecule has 5 N–H and O–H groups in total. The van der Waals surface area contributed by atoms with Crippen molar-refractivity contribution in [1.29, 1.82) is 0 Å². The Kier molecular flexibility index (Phi) is 6.97. The molecule has 1 unspecified atom stereocenters. The maximum atomic E-state index is 12.0. The van der Waals surface area contributed by atoms with E-state index in [9.17, 15) is 20.1 Å². The second-order valence-electron chi connectivity index (χ2n) is 5.42. The Hall–Kier alpha value is -1.91. The zero-order valence-corrected chi connectivity index (χ0v) is 14.1. The van der Waals surface area contributed by atoms with Crippen molar-refractivity contribution in [3.05, 3.63) is 24.3 Å². The van der Waals surface area contributed by atoms with Crippen LogP contribution in [0.3, 0.4) is 0 Å². The number of benzene rings is 1. The van der Waals surface area contributed by atoms with Crippen LogP contribution in [0.15, 0.2) is 24.3 Å². The van der Waals surface area contributed by atoms with Crippen molar-refractivity contribution in [2.75, 3.05) is 18.6 Å². The predicted octanol–water partition coefficient (Wildman–Crippen LogP) is -0.627. The van der Waals surface area contributed by atoms with Crippen LogP contribution < -0.4 is 15.6 Å². The molecule has 1 heterocycles. The highest BCUT2D eigenvalue weighted by atomic mass is 16.7. The maximum Gasteiger partial charge on any atom is 0.269 e. The summed E-state index contributed by atoms with van der Waals surface area (Å²) < 4.78 is 15.6. The van der Waals surface area contributed by atoms with Crippen LogP contribution in [-0.4, -0.2) is 65.1 Å². The number of carbonyl (C=O) groups is 1. The van der Waals surface area contributed by atoms with Crippen molar-refractivity contribution in [3.63, 3.8) is 0 Å². The molecule has 1 aliphatic rings. The lowest BCUT2D eigenvalue weighted by atomic mass is 10.1. The first kappa shape index (κ1) is 19.4. The number of anilines is 1. The fourth-order valence-corrected chi connectivity index (χ4v) is 2.39. The van der Waals surface area contributed by atoms with Gasteiger partial charge in [-0.15, -0.1) is 0 Å². The lowest BCUT2D eigenvalue weighted by Crippen LogP contribution is -2.48. The van der Waals surface area contributed by atoms with Crippen molar-refractivity contribution in [2.45, 2.75) is 44.6 Å². The number of hydrazine groups is 1. The summed E-state index contributed by atoms with van der Waals surface area (Å²) in [6.07, 6.45) is -6.86. The number of nitrogens with one attached hydrogen (secondary N) is 2. The van der Waals surface area contributed by atoms with Gasteiger partial charge in [-0.05, 0) is 38.1 Å². The summed E-state index contributed by atoms with van der Waals surface area (Å²) in [5.74, 6) is -0.125. The van der Waals surface area contributed by atoms with Gasteiger partial charge in [-0.25, -0.2) is 0 Å². The molecular formula is C16H24N2O7. The third-order valence-electron chi connectivity index (χ3n) is 3.66. The van der Waals surface area contributed by atoms with Crippen molar-refractivity contribution in [3.8, 4) is 5.75 Å². The highest BCUT2D eigenvalue weighted by Gasteiger charge is 2.48. The summed E-state index contributed by atoms with van der Waals surface area (Å²) in [7, 11) is 0. The number of aliphatic hydroxyl groups excluding tert-OH is 3. The molecule has 9 heteroatoms. The Morgan fingerprint density at radius 1 is 1.20 bits per heavy atom. The monoisotopic (exact) mass is 356 g/mol. The quantitative estimate of drug-likeness (QED) is 0.390. The SMILES string of the molecule is CCOc1ccc(NNC(=O)[C@@H](O)[C@H]2OC(OCC)[C@H](O)[C@H]2O)cc1. The fraction of sp³-hybridized carbons (Fsp3) is 0.562. The van der Waals surface area contributed by atoms with Crippen LogP contribution in [0.25, 0.3) is 0 Å². The number of rotatable bonds is 8. The highest BCUT2D eigenvalue weighted by molar-refractivity contribution is 5.82. The molecule has 0 saturated carbocycles. The van der Waals surface area contributed by atoms with Crippen LogP contribution in [0.2, 0.25) is 0 Å². The van der Waals surface area contributed by atoms with Crippen molar-refractivity contribution in [2.24, 2.45) is 0 Å². The smallest absolute Gasteiger partial charge is 0.269 e. The molecule has 1 amide bonds. The van der Waals surface area contributed by atoms with Crippen molar-refractivity contribution >= 4 is 11.6 Å². The predicted molar refractivity (Wildman–Crippen MR) is 87.7 cm³/mol. The van der Waals surface area contributed by atoms with E-state index < -0.39 is 36.6 Å². The molecular weight excluding hydrogens is 332 g/mol. The van der Waals surface area contributed by atoms with Gasteiger partial charge in [0.15, 0.2) is 12.4 Å². The molecule has 25 heavy (non-hydrogen) atoms. The van der Waals surface area contributed by atoms with Gasteiger partial charge in [0.1, 0.15) is 24.1 Å². The van der Waals surface area contributed by atoms with E-state index in [2.05, 4.69) is 10.9 Å². The van der Waals surface area contributed by atoms with Crippen molar-refractivity contribution in [1.82, 2.24) is 5.43 Å². The second-order valence-corrected chi connectivity index (χ2v) is 5.42. The van der Waals surface area contributed by atoms with Crippen LogP contribution in [-0.2, 0) is 14.3 Å². The standard InChI is InChI=1S/C16H24N2O7/c1-3-23-10-7-5-9(6-8-10)17-18-15(22)13(21)14-11(19)12(20)16(25-14)24-4-2/h5-8,11-14,16-17,19-21H,3-4H2,1-2H3,(H,18,22)/t11-,12-,13+,14+,16?/m1/s1. The van der Waals surface area contributed by atoms with Crippen LogP contribution >= 0.6 is 0 Å². The fourth-order valence-electron chi connectivity index (χ4n) is 2.39. The van der Waals surface area contributed by atoms with Gasteiger partial charge in [0.2, 0.25) is 0 Å². The van der Waals surface area contributed by atoms with Gasteiger partial charge in [-0.2, -0.15) is 0 Å². The molecule has 1 aliphatic heterocycles. The number of hydrogen-bond donors (Lipinski definition) is 5. The number of carbonyl (C=O) groups excluding carboxylic acids is 1. The van der Waals surface area contributed by atoms with E-state index in [1.54, 1.807) is 31.2 Å². The van der Waals surface area contributed by atoms with Crippen molar-refractivity contribution < 1.29 is 34.3 Å². The molecule has 140 valence electrons. The van der Waals surface area contributed by atoms with Gasteiger partial charge >= 0.3 is 0 Å². The van der Waals surface area contributed by atoms with Gasteiger partial charge in [-0.3, -0.25) is 15.6 Å². The number of ether oxygens (including phenoxy) is 3. The van der Waals surface area contributed by atoms with Crippen LogP contribution in [0.1, 0.15) is 13.8 Å². The number of amides is 1. The minimum atomic E-state index is -1.69. The average Bonchev–Trinajstić information content (AvgIpc) is 2.89. The Morgan fingerprint density at radius 2 is 1.88 bits per heavy atom. The molecule has 0 bridgehead atoms. The maximum absolute atomic E-state index is 12.0. The lowest BCUT2D eigenvalue weighted by Gasteiger charge is -2.20. The van der Waals surface area contributed by atoms with Crippen LogP contribution in [0.5, 0.6) is 5.75 Å². The van der Waals surface area contributed by atoms with E-state index in [-0.39, 0.29) is 6.61 Å². The topological polar surface area (TPSA) is 130 Å². The summed E-state index contributed by atoms with van der Waals surface area (Å²) in [6, 6.07) is 6.82. The van der Waals surface area contributed by atoms with E-state index >= 15 is 0 Å². The second kappa shape index (κ2) is 8.97. The summed E-state index contributed by atoms with van der Waals surface area (Å²) in [6.45, 7) is 4.37. The molecule has 2 rings (SSSR count). The Morgan fingerprint density at radius 3 is 2.48 bits per heavy atom. The summed E-state index contributed by atoms with van der Waals surface area (Å²) >= 11 is 0. The van der Waals surface area contributed by atoms with E-state index in [1.807, 2.05) is 6.92 Å². The van der Waals surface area contributed by atoms with Crippen LogP contribution in [0.4, 0.5) is 5.69 Å². The lowest BCUT2D eigenvalue weighted by molar-refractivity contribution is -0.178. The molecule has 5 atom stereocenters. The molecule has 1 saturated heterocycles. The van der Waals surface area contributed by atoms with E-state index in [4.69, 9.17) is 14.2 Å². The van der Waals surface area contributed by atoms with Gasteiger partial charge < -0.3 is 29.5 Å². The summed E-state index contributed by atoms with van der Waals surface area (Å²) in [4.78, 5) is 12.0. The number of aliphatic hydroxyl groups is 3. The van der Waals surface area contributed by atoms with Gasteiger partial charge in [-0.1, -0.05) is 0 Å². The van der Waals surface area contributed by atoms with Gasteiger partial charge in [0, 0.05) is 6.61 Å². The molecule has 0 aromatic heterocycles. The third-order valence-corrected chi connectivity index (χ3v) is 3.66. The van der Waals surface area contributed by atoms with Gasteiger partial charge in [0.05, 0.1) is 12.3 Å². The molecule has 1 fully saturated rings. The van der Waals surface area contributed by atoms with Gasteiger partial charge in [0.25, 0.3) is 5.91 Å². The first-order chi connectivity index (χ1) is 12.0. The summed E-state index contributed by atoms with van der Waals surface area (Å²) in [5.41, 5.74) is 5.52. The minimum Gasteiger partial charge on any atom is -0.494 e. The molecule has 0 spiro atoms. The molecule has 9 nitrogen and oxygen atoms in total. The zero-order chi connectivity index (χ0) is 18.4. The average molecular weight is 356 g/mol. The summed E-state index contributed by atoms with van der Waals surface area (Å²) in [5, 5.41) is 29.8. The van der Waals surface area contributed by atoms with E-state index in [0.29, 0.717) is 18.0 Å². The molecule has 0 aliphatic carbocycles. The highest BCUT2D eigenvalue weighted by Crippen LogP contribution is 2.24. The first-order valence-electron chi connectivity index (χ1n) is 8.07. The molecule has 1 aromatic rings. The Bertz CT molecular complexity index is 554. The normalized spacial score (nSPS) is 26.9. The van der Waals surface area contributed by atoms with E-state index in [1.165, 1.54) is 0 Å². The Balaban J connectivity index is 1.87. The third kappa shape index (κ3) is 4.80. The van der Waals surface area contributed by atoms with E-state index in [0.717, 1.165) is 0 Å².